The van der Waals surface area contributed by atoms with Gasteiger partial charge in [0.25, 0.3) is 0 Å². The molecule has 1 saturated heterocycles. The fourth-order valence-corrected chi connectivity index (χ4v) is 2.49. The van der Waals surface area contributed by atoms with Crippen LogP contribution in [0.1, 0.15) is 18.9 Å². The van der Waals surface area contributed by atoms with Crippen molar-refractivity contribution in [2.75, 3.05) is 0 Å². The maximum absolute atomic E-state index is 13.2. The summed E-state index contributed by atoms with van der Waals surface area (Å²) in [4.78, 5) is 11.3. The monoisotopic (exact) mass is 270 g/mol. The highest BCUT2D eigenvalue weighted by Crippen LogP contribution is 2.29. The SMILES string of the molecule is CC1(c2ccc(-c3cccc(F)c3)cc2)CC(=O)NN1. The maximum atomic E-state index is 13.2. The van der Waals surface area contributed by atoms with Crippen LogP contribution in [0, 0.1) is 5.82 Å². The number of hydrogen-bond acceptors (Lipinski definition) is 2. The van der Waals surface area contributed by atoms with E-state index in [1.807, 2.05) is 37.3 Å². The van der Waals surface area contributed by atoms with Crippen LogP contribution in [0.3, 0.4) is 0 Å². The van der Waals surface area contributed by atoms with Crippen molar-refractivity contribution in [1.82, 2.24) is 10.9 Å². The van der Waals surface area contributed by atoms with Gasteiger partial charge in [-0.05, 0) is 35.7 Å². The van der Waals surface area contributed by atoms with E-state index >= 15 is 0 Å². The van der Waals surface area contributed by atoms with E-state index in [2.05, 4.69) is 10.9 Å². The highest BCUT2D eigenvalue weighted by atomic mass is 19.1. The number of amides is 1. The lowest BCUT2D eigenvalue weighted by Crippen LogP contribution is -2.38. The second kappa shape index (κ2) is 4.72. The molecule has 0 aliphatic carbocycles. The summed E-state index contributed by atoms with van der Waals surface area (Å²) in [5.41, 5.74) is 8.06. The third-order valence-electron chi connectivity index (χ3n) is 3.67. The molecule has 2 N–H and O–H groups in total. The molecule has 20 heavy (non-hydrogen) atoms. The van der Waals surface area contributed by atoms with Gasteiger partial charge in [-0.1, -0.05) is 36.4 Å². The van der Waals surface area contributed by atoms with Crippen LogP contribution in [-0.2, 0) is 10.3 Å². The molecule has 3 nitrogen and oxygen atoms in total. The molecule has 0 bridgehead atoms. The maximum Gasteiger partial charge on any atom is 0.236 e. The average molecular weight is 270 g/mol. The lowest BCUT2D eigenvalue weighted by molar-refractivity contribution is -0.119. The Balaban J connectivity index is 1.90. The van der Waals surface area contributed by atoms with Crippen LogP contribution in [0.15, 0.2) is 48.5 Å². The van der Waals surface area contributed by atoms with E-state index in [9.17, 15) is 9.18 Å². The Kier molecular flexibility index (Phi) is 3.03. The quantitative estimate of drug-likeness (QED) is 0.881. The first-order chi connectivity index (χ1) is 9.57. The van der Waals surface area contributed by atoms with Crippen molar-refractivity contribution < 1.29 is 9.18 Å². The minimum Gasteiger partial charge on any atom is -0.291 e. The smallest absolute Gasteiger partial charge is 0.236 e. The largest absolute Gasteiger partial charge is 0.291 e. The fraction of sp³-hybridized carbons (Fsp3) is 0.188. The van der Waals surface area contributed by atoms with Crippen LogP contribution in [0.4, 0.5) is 4.39 Å². The van der Waals surface area contributed by atoms with Crippen LogP contribution >= 0.6 is 0 Å². The Hall–Kier alpha value is -2.20. The summed E-state index contributed by atoms with van der Waals surface area (Å²) in [6.07, 6.45) is 0.409. The van der Waals surface area contributed by atoms with Gasteiger partial charge in [-0.25, -0.2) is 9.82 Å². The normalized spacial score (nSPS) is 21.8. The Morgan fingerprint density at radius 1 is 1.10 bits per heavy atom. The van der Waals surface area contributed by atoms with Gasteiger partial charge in [-0.2, -0.15) is 0 Å². The van der Waals surface area contributed by atoms with Gasteiger partial charge in [-0.3, -0.25) is 10.2 Å². The predicted octanol–water partition coefficient (Wildman–Crippen LogP) is 2.73. The zero-order chi connectivity index (χ0) is 14.2. The number of benzene rings is 2. The number of carbonyl (C=O) groups excluding carboxylic acids is 1. The van der Waals surface area contributed by atoms with E-state index in [4.69, 9.17) is 0 Å². The third-order valence-corrected chi connectivity index (χ3v) is 3.67. The predicted molar refractivity (Wildman–Crippen MR) is 75.1 cm³/mol. The van der Waals surface area contributed by atoms with Gasteiger partial charge in [0.05, 0.1) is 12.0 Å². The highest BCUT2D eigenvalue weighted by Gasteiger charge is 2.35. The van der Waals surface area contributed by atoms with E-state index in [0.717, 1.165) is 16.7 Å². The molecule has 4 heteroatoms. The van der Waals surface area contributed by atoms with Crippen LogP contribution in [0.5, 0.6) is 0 Å². The molecule has 1 fully saturated rings. The van der Waals surface area contributed by atoms with Crippen molar-refractivity contribution in [2.45, 2.75) is 18.9 Å². The molecule has 1 atom stereocenters. The summed E-state index contributed by atoms with van der Waals surface area (Å²) >= 11 is 0. The minimum atomic E-state index is -0.391. The lowest BCUT2D eigenvalue weighted by atomic mass is 9.89. The molecular formula is C16H15FN2O. The summed E-state index contributed by atoms with van der Waals surface area (Å²) < 4.78 is 13.2. The Morgan fingerprint density at radius 3 is 2.45 bits per heavy atom. The first kappa shape index (κ1) is 12.8. The van der Waals surface area contributed by atoms with E-state index in [1.54, 1.807) is 6.07 Å². The van der Waals surface area contributed by atoms with Gasteiger partial charge in [0, 0.05) is 0 Å². The van der Waals surface area contributed by atoms with Gasteiger partial charge in [0.1, 0.15) is 5.82 Å². The van der Waals surface area contributed by atoms with E-state index in [1.165, 1.54) is 12.1 Å². The topological polar surface area (TPSA) is 41.1 Å². The standard InChI is InChI=1S/C16H15FN2O/c1-16(10-15(20)18-19-16)13-7-5-11(6-8-13)12-3-2-4-14(17)9-12/h2-9,19H,10H2,1H3,(H,18,20). The fourth-order valence-electron chi connectivity index (χ4n) is 2.49. The number of carbonyl (C=O) groups is 1. The molecule has 1 aliphatic heterocycles. The summed E-state index contributed by atoms with van der Waals surface area (Å²) in [7, 11) is 0. The molecule has 3 rings (SSSR count). The molecule has 1 heterocycles. The van der Waals surface area contributed by atoms with Crippen LogP contribution < -0.4 is 10.9 Å². The van der Waals surface area contributed by atoms with Crippen LogP contribution in [0.25, 0.3) is 11.1 Å². The average Bonchev–Trinajstić information content (AvgIpc) is 2.80. The van der Waals surface area contributed by atoms with Crippen molar-refractivity contribution in [3.05, 3.63) is 59.9 Å². The first-order valence-corrected chi connectivity index (χ1v) is 6.49. The zero-order valence-electron chi connectivity index (χ0n) is 11.1. The molecule has 2 aromatic carbocycles. The molecule has 2 aromatic rings. The van der Waals surface area contributed by atoms with Gasteiger partial charge in [0.15, 0.2) is 0 Å². The van der Waals surface area contributed by atoms with Gasteiger partial charge in [0.2, 0.25) is 5.91 Å². The third kappa shape index (κ3) is 2.30. The van der Waals surface area contributed by atoms with Crippen molar-refractivity contribution in [3.8, 4) is 11.1 Å². The molecule has 0 saturated carbocycles. The van der Waals surface area contributed by atoms with E-state index in [0.29, 0.717) is 6.42 Å². The molecule has 1 unspecified atom stereocenters. The Bertz CT molecular complexity index is 654. The molecular weight excluding hydrogens is 255 g/mol. The number of hydrogen-bond donors (Lipinski definition) is 2. The first-order valence-electron chi connectivity index (χ1n) is 6.49. The molecule has 102 valence electrons. The molecule has 0 radical (unpaired) electrons. The van der Waals surface area contributed by atoms with Gasteiger partial charge < -0.3 is 0 Å². The zero-order valence-corrected chi connectivity index (χ0v) is 11.1. The van der Waals surface area contributed by atoms with E-state index < -0.39 is 5.54 Å². The highest BCUT2D eigenvalue weighted by molar-refractivity contribution is 5.79. The van der Waals surface area contributed by atoms with Gasteiger partial charge in [-0.15, -0.1) is 0 Å². The summed E-state index contributed by atoms with van der Waals surface area (Å²) in [6, 6.07) is 14.3. The molecule has 1 aliphatic rings. The van der Waals surface area contributed by atoms with E-state index in [-0.39, 0.29) is 11.7 Å². The van der Waals surface area contributed by atoms with Crippen molar-refractivity contribution in [1.29, 1.82) is 0 Å². The minimum absolute atomic E-state index is 0.0123. The second-order valence-corrected chi connectivity index (χ2v) is 5.27. The molecule has 0 aromatic heterocycles. The number of nitrogens with one attached hydrogen (secondary N) is 2. The second-order valence-electron chi connectivity index (χ2n) is 5.27. The Labute approximate surface area is 116 Å². The van der Waals surface area contributed by atoms with Crippen molar-refractivity contribution in [2.24, 2.45) is 0 Å². The molecule has 1 amide bonds. The van der Waals surface area contributed by atoms with Crippen molar-refractivity contribution in [3.63, 3.8) is 0 Å². The van der Waals surface area contributed by atoms with Gasteiger partial charge >= 0.3 is 0 Å². The Morgan fingerprint density at radius 2 is 1.85 bits per heavy atom. The number of rotatable bonds is 2. The lowest BCUT2D eigenvalue weighted by Gasteiger charge is -2.23. The summed E-state index contributed by atoms with van der Waals surface area (Å²) in [5.74, 6) is -0.257. The summed E-state index contributed by atoms with van der Waals surface area (Å²) in [6.45, 7) is 1.97. The van der Waals surface area contributed by atoms with Crippen LogP contribution in [-0.4, -0.2) is 5.91 Å². The number of halogens is 1. The van der Waals surface area contributed by atoms with Crippen LogP contribution in [0.2, 0.25) is 0 Å². The number of hydrazine groups is 1. The van der Waals surface area contributed by atoms with Crippen molar-refractivity contribution >= 4 is 5.91 Å². The molecule has 0 spiro atoms. The summed E-state index contributed by atoms with van der Waals surface area (Å²) in [5, 5.41) is 0.